The molecule has 3 nitrogen and oxygen atoms in total. The van der Waals surface area contributed by atoms with Gasteiger partial charge >= 0.3 is 0 Å². The van der Waals surface area contributed by atoms with Gasteiger partial charge < -0.3 is 10.6 Å². The Hall–Kier alpha value is -0.830. The van der Waals surface area contributed by atoms with Gasteiger partial charge in [0.15, 0.2) is 0 Å². The number of nitrogens with one attached hydrogen (secondary N) is 2. The summed E-state index contributed by atoms with van der Waals surface area (Å²) in [6, 6.07) is 0.180. The highest BCUT2D eigenvalue weighted by Crippen LogP contribution is 2.12. The van der Waals surface area contributed by atoms with E-state index in [-0.39, 0.29) is 18.0 Å². The summed E-state index contributed by atoms with van der Waals surface area (Å²) >= 11 is 0. The second-order valence-electron chi connectivity index (χ2n) is 5.64. The van der Waals surface area contributed by atoms with Crippen LogP contribution in [0.5, 0.6) is 0 Å². The second kappa shape index (κ2) is 8.30. The molecule has 0 aromatic heterocycles. The lowest BCUT2D eigenvalue weighted by Crippen LogP contribution is -2.46. The van der Waals surface area contributed by atoms with Crippen molar-refractivity contribution in [1.82, 2.24) is 10.6 Å². The molecule has 0 heterocycles. The normalized spacial score (nSPS) is 21.7. The van der Waals surface area contributed by atoms with Gasteiger partial charge in [0, 0.05) is 6.04 Å². The third kappa shape index (κ3) is 5.67. The monoisotopic (exact) mass is 252 g/mol. The van der Waals surface area contributed by atoms with Crippen LogP contribution in [0, 0.1) is 5.92 Å². The average molecular weight is 252 g/mol. The molecule has 2 N–H and O–H groups in total. The standard InChI is InChI=1S/C15H28N2O/c1-12(2)10-11-14(16-3)15(18)17-13-8-6-4-5-7-9-13/h6,8,12-14,16H,4-5,7,9-11H2,1-3H3,(H,17,18). The van der Waals surface area contributed by atoms with E-state index in [1.54, 1.807) is 0 Å². The first-order valence-electron chi connectivity index (χ1n) is 7.27. The molecule has 1 amide bonds. The van der Waals surface area contributed by atoms with Gasteiger partial charge in [-0.1, -0.05) is 32.4 Å². The van der Waals surface area contributed by atoms with Crippen molar-refractivity contribution < 1.29 is 4.79 Å². The Morgan fingerprint density at radius 2 is 2.11 bits per heavy atom. The number of likely N-dealkylation sites (N-methyl/N-ethyl adjacent to an activating group) is 1. The summed E-state index contributed by atoms with van der Waals surface area (Å²) in [5.41, 5.74) is 0. The number of allylic oxidation sites excluding steroid dienone is 1. The zero-order chi connectivity index (χ0) is 13.4. The Morgan fingerprint density at radius 1 is 1.33 bits per heavy atom. The lowest BCUT2D eigenvalue weighted by atomic mass is 10.0. The van der Waals surface area contributed by atoms with E-state index in [9.17, 15) is 4.79 Å². The molecule has 2 unspecified atom stereocenters. The average Bonchev–Trinajstić information content (AvgIpc) is 2.58. The molecule has 0 saturated carbocycles. The van der Waals surface area contributed by atoms with Gasteiger partial charge in [0.25, 0.3) is 0 Å². The van der Waals surface area contributed by atoms with Crippen LogP contribution in [-0.2, 0) is 4.79 Å². The summed E-state index contributed by atoms with van der Waals surface area (Å²) in [7, 11) is 1.87. The maximum absolute atomic E-state index is 12.2. The van der Waals surface area contributed by atoms with Gasteiger partial charge in [-0.05, 0) is 45.1 Å². The number of amides is 1. The van der Waals surface area contributed by atoms with Crippen molar-refractivity contribution in [1.29, 1.82) is 0 Å². The number of carbonyl (C=O) groups is 1. The van der Waals surface area contributed by atoms with Gasteiger partial charge in [-0.15, -0.1) is 0 Å². The predicted octanol–water partition coefficient (Wildman–Crippen LogP) is 2.63. The summed E-state index contributed by atoms with van der Waals surface area (Å²) in [5.74, 6) is 0.793. The molecule has 104 valence electrons. The smallest absolute Gasteiger partial charge is 0.237 e. The minimum absolute atomic E-state index is 0.0518. The van der Waals surface area contributed by atoms with Crippen LogP contribution in [0.2, 0.25) is 0 Å². The summed E-state index contributed by atoms with van der Waals surface area (Å²) < 4.78 is 0. The molecule has 0 saturated heterocycles. The first-order chi connectivity index (χ1) is 8.63. The molecule has 18 heavy (non-hydrogen) atoms. The van der Waals surface area contributed by atoms with E-state index in [1.807, 2.05) is 7.05 Å². The third-order valence-electron chi connectivity index (χ3n) is 3.53. The first-order valence-corrected chi connectivity index (χ1v) is 7.27. The van der Waals surface area contributed by atoms with Crippen molar-refractivity contribution in [3.63, 3.8) is 0 Å². The molecule has 3 heteroatoms. The van der Waals surface area contributed by atoms with Crippen LogP contribution >= 0.6 is 0 Å². The summed E-state index contributed by atoms with van der Waals surface area (Å²) in [6.45, 7) is 4.39. The molecule has 0 aliphatic heterocycles. The molecule has 2 atom stereocenters. The van der Waals surface area contributed by atoms with E-state index in [0.717, 1.165) is 25.7 Å². The fraction of sp³-hybridized carbons (Fsp3) is 0.800. The molecule has 1 aliphatic carbocycles. The molecule has 0 aromatic rings. The van der Waals surface area contributed by atoms with Gasteiger partial charge in [-0.2, -0.15) is 0 Å². The molecule has 0 bridgehead atoms. The maximum atomic E-state index is 12.2. The zero-order valence-corrected chi connectivity index (χ0v) is 12.0. The quantitative estimate of drug-likeness (QED) is 0.714. The van der Waals surface area contributed by atoms with Gasteiger partial charge in [0.1, 0.15) is 0 Å². The molecule has 0 radical (unpaired) electrons. The Balaban J connectivity index is 2.40. The van der Waals surface area contributed by atoms with Crippen molar-refractivity contribution >= 4 is 5.91 Å². The van der Waals surface area contributed by atoms with E-state index < -0.39 is 0 Å². The lowest BCUT2D eigenvalue weighted by molar-refractivity contribution is -0.123. The summed E-state index contributed by atoms with van der Waals surface area (Å²) in [5, 5.41) is 6.27. The highest BCUT2D eigenvalue weighted by Gasteiger charge is 2.19. The molecular formula is C15H28N2O. The van der Waals surface area contributed by atoms with Gasteiger partial charge in [-0.25, -0.2) is 0 Å². The van der Waals surface area contributed by atoms with Gasteiger partial charge in [0.2, 0.25) is 5.91 Å². The molecule has 1 rings (SSSR count). The Kier molecular flexibility index (Phi) is 7.02. The van der Waals surface area contributed by atoms with Gasteiger partial charge in [-0.3, -0.25) is 4.79 Å². The molecule has 0 aromatic carbocycles. The second-order valence-corrected chi connectivity index (χ2v) is 5.64. The Morgan fingerprint density at radius 3 is 2.78 bits per heavy atom. The Bertz CT molecular complexity index is 274. The van der Waals surface area contributed by atoms with E-state index in [4.69, 9.17) is 0 Å². The minimum Gasteiger partial charge on any atom is -0.349 e. The maximum Gasteiger partial charge on any atom is 0.237 e. The number of carbonyl (C=O) groups excluding carboxylic acids is 1. The lowest BCUT2D eigenvalue weighted by Gasteiger charge is -2.20. The van der Waals surface area contributed by atoms with Crippen molar-refractivity contribution in [2.75, 3.05) is 7.05 Å². The fourth-order valence-corrected chi connectivity index (χ4v) is 2.29. The van der Waals surface area contributed by atoms with Crippen LogP contribution in [0.1, 0.15) is 52.4 Å². The van der Waals surface area contributed by atoms with Crippen molar-refractivity contribution in [2.24, 2.45) is 5.92 Å². The fourth-order valence-electron chi connectivity index (χ4n) is 2.29. The van der Waals surface area contributed by atoms with E-state index >= 15 is 0 Å². The topological polar surface area (TPSA) is 41.1 Å². The highest BCUT2D eigenvalue weighted by atomic mass is 16.2. The van der Waals surface area contributed by atoms with Crippen molar-refractivity contribution in [3.8, 4) is 0 Å². The molecule has 0 fully saturated rings. The van der Waals surface area contributed by atoms with Crippen molar-refractivity contribution in [3.05, 3.63) is 12.2 Å². The number of hydrogen-bond donors (Lipinski definition) is 2. The SMILES string of the molecule is CNC(CCC(C)C)C(=O)NC1C=CCCCC1. The third-order valence-corrected chi connectivity index (χ3v) is 3.53. The Labute approximate surface area is 111 Å². The molecule has 0 spiro atoms. The van der Waals surface area contributed by atoms with E-state index in [0.29, 0.717) is 5.92 Å². The molecule has 1 aliphatic rings. The van der Waals surface area contributed by atoms with Crippen LogP contribution in [0.15, 0.2) is 12.2 Å². The highest BCUT2D eigenvalue weighted by molar-refractivity contribution is 5.82. The number of rotatable bonds is 6. The van der Waals surface area contributed by atoms with Crippen molar-refractivity contribution in [2.45, 2.75) is 64.5 Å². The van der Waals surface area contributed by atoms with Crippen LogP contribution in [0.4, 0.5) is 0 Å². The van der Waals surface area contributed by atoms with Crippen LogP contribution in [-0.4, -0.2) is 25.0 Å². The minimum atomic E-state index is -0.0518. The first kappa shape index (κ1) is 15.2. The summed E-state index contributed by atoms with van der Waals surface area (Å²) in [6.07, 6.45) is 11.0. The predicted molar refractivity (Wildman–Crippen MR) is 76.5 cm³/mol. The molecular weight excluding hydrogens is 224 g/mol. The van der Waals surface area contributed by atoms with Crippen LogP contribution in [0.25, 0.3) is 0 Å². The van der Waals surface area contributed by atoms with E-state index in [2.05, 4.69) is 36.6 Å². The zero-order valence-electron chi connectivity index (χ0n) is 12.0. The summed E-state index contributed by atoms with van der Waals surface area (Å²) in [4.78, 5) is 12.2. The van der Waals surface area contributed by atoms with E-state index in [1.165, 1.54) is 12.8 Å². The van der Waals surface area contributed by atoms with Crippen LogP contribution < -0.4 is 10.6 Å². The largest absolute Gasteiger partial charge is 0.349 e. The van der Waals surface area contributed by atoms with Crippen LogP contribution in [0.3, 0.4) is 0 Å². The van der Waals surface area contributed by atoms with Gasteiger partial charge in [0.05, 0.1) is 6.04 Å². The number of hydrogen-bond acceptors (Lipinski definition) is 2.